The van der Waals surface area contributed by atoms with Gasteiger partial charge in [-0.1, -0.05) is 18.2 Å². The van der Waals surface area contributed by atoms with Crippen molar-refractivity contribution < 1.29 is 14.7 Å². The van der Waals surface area contributed by atoms with Crippen molar-refractivity contribution in [2.24, 2.45) is 0 Å². The van der Waals surface area contributed by atoms with E-state index in [1.807, 2.05) is 20.8 Å². The molecular weight excluding hydrogens is 366 g/mol. The second-order valence-electron chi connectivity index (χ2n) is 6.43. The van der Waals surface area contributed by atoms with Gasteiger partial charge in [0.25, 0.3) is 11.5 Å². The van der Waals surface area contributed by atoms with Crippen molar-refractivity contribution in [1.29, 1.82) is 0 Å². The van der Waals surface area contributed by atoms with Gasteiger partial charge in [0.1, 0.15) is 5.56 Å². The van der Waals surface area contributed by atoms with Gasteiger partial charge in [-0.3, -0.25) is 14.0 Å². The van der Waals surface area contributed by atoms with E-state index in [0.717, 1.165) is 16.0 Å². The maximum atomic E-state index is 12.7. The Balaban J connectivity index is 1.99. The molecule has 2 aromatic heterocycles. The summed E-state index contributed by atoms with van der Waals surface area (Å²) in [5, 5.41) is 12.0. The number of nitrogens with zero attached hydrogens (tertiary/aromatic N) is 2. The minimum Gasteiger partial charge on any atom is -0.479 e. The molecule has 1 atom stereocenters. The van der Waals surface area contributed by atoms with Gasteiger partial charge in [0.15, 0.2) is 11.0 Å². The molecule has 0 saturated carbocycles. The zero-order chi connectivity index (χ0) is 19.9. The van der Waals surface area contributed by atoms with Gasteiger partial charge in [-0.05, 0) is 44.4 Å². The number of fused-ring (bicyclic) bond motifs is 1. The van der Waals surface area contributed by atoms with E-state index < -0.39 is 23.5 Å². The number of rotatable bonds is 4. The van der Waals surface area contributed by atoms with Gasteiger partial charge in [-0.25, -0.2) is 9.78 Å². The molecule has 0 saturated heterocycles. The highest BCUT2D eigenvalue weighted by atomic mass is 32.1. The van der Waals surface area contributed by atoms with E-state index in [-0.39, 0.29) is 5.56 Å². The zero-order valence-electron chi connectivity index (χ0n) is 15.4. The highest BCUT2D eigenvalue weighted by Gasteiger charge is 2.25. The fraction of sp³-hybridized carbons (Fsp3) is 0.263. The van der Waals surface area contributed by atoms with Crippen molar-refractivity contribution in [1.82, 2.24) is 14.7 Å². The highest BCUT2D eigenvalue weighted by Crippen LogP contribution is 2.20. The molecule has 1 amide bonds. The zero-order valence-corrected chi connectivity index (χ0v) is 16.2. The minimum atomic E-state index is -1.26. The van der Waals surface area contributed by atoms with Crippen LogP contribution in [0.15, 0.2) is 29.2 Å². The fourth-order valence-corrected chi connectivity index (χ4v) is 3.70. The highest BCUT2D eigenvalue weighted by molar-refractivity contribution is 7.17. The van der Waals surface area contributed by atoms with Crippen molar-refractivity contribution in [2.75, 3.05) is 0 Å². The summed E-state index contributed by atoms with van der Waals surface area (Å²) < 4.78 is 1.38. The van der Waals surface area contributed by atoms with Gasteiger partial charge in [0.2, 0.25) is 0 Å². The lowest BCUT2D eigenvalue weighted by atomic mass is 10.0. The summed E-state index contributed by atoms with van der Waals surface area (Å²) in [6, 6.07) is 3.91. The Bertz CT molecular complexity index is 1130. The van der Waals surface area contributed by atoms with Crippen molar-refractivity contribution in [3.8, 4) is 0 Å². The summed E-state index contributed by atoms with van der Waals surface area (Å²) in [4.78, 5) is 42.7. The summed E-state index contributed by atoms with van der Waals surface area (Å²) in [7, 11) is 0. The van der Waals surface area contributed by atoms with Crippen LogP contribution in [-0.2, 0) is 4.79 Å². The van der Waals surface area contributed by atoms with Gasteiger partial charge in [-0.15, -0.1) is 11.3 Å². The van der Waals surface area contributed by atoms with E-state index >= 15 is 0 Å². The van der Waals surface area contributed by atoms with Gasteiger partial charge in [-0.2, -0.15) is 0 Å². The topological polar surface area (TPSA) is 101 Å². The Labute approximate surface area is 159 Å². The molecular formula is C19H19N3O4S. The van der Waals surface area contributed by atoms with Crippen LogP contribution in [0, 0.1) is 27.7 Å². The summed E-state index contributed by atoms with van der Waals surface area (Å²) >= 11 is 1.36. The van der Waals surface area contributed by atoms with Gasteiger partial charge in [0.05, 0.1) is 0 Å². The quantitative estimate of drug-likeness (QED) is 0.719. The van der Waals surface area contributed by atoms with Crippen LogP contribution in [-0.4, -0.2) is 26.4 Å². The standard InChI is InChI=1S/C19H19N3O4S/c1-9-5-6-13(7-10(9)2)15(18(25)26)21-16(23)14-8-20-19-22(17(14)24)11(3)12(4)27-19/h5-8,15H,1-4H3,(H,21,23)(H,25,26). The molecule has 3 rings (SSSR count). The molecule has 0 aliphatic rings. The van der Waals surface area contributed by atoms with Crippen LogP contribution in [0.5, 0.6) is 0 Å². The van der Waals surface area contributed by atoms with E-state index in [1.54, 1.807) is 25.1 Å². The molecule has 8 heteroatoms. The van der Waals surface area contributed by atoms with Crippen LogP contribution in [0.25, 0.3) is 4.96 Å². The number of thiazole rings is 1. The van der Waals surface area contributed by atoms with Crippen molar-refractivity contribution in [3.05, 3.63) is 67.6 Å². The molecule has 2 heterocycles. The monoisotopic (exact) mass is 385 g/mol. The van der Waals surface area contributed by atoms with E-state index in [4.69, 9.17) is 0 Å². The SMILES string of the molecule is Cc1ccc(C(NC(=O)c2cnc3sc(C)c(C)n3c2=O)C(=O)O)cc1C. The number of amides is 1. The normalized spacial score (nSPS) is 12.1. The van der Waals surface area contributed by atoms with Gasteiger partial charge < -0.3 is 10.4 Å². The van der Waals surface area contributed by atoms with Gasteiger partial charge in [0, 0.05) is 16.8 Å². The molecule has 0 bridgehead atoms. The van der Waals surface area contributed by atoms with Crippen LogP contribution in [0.1, 0.15) is 43.7 Å². The predicted molar refractivity (Wildman–Crippen MR) is 103 cm³/mol. The maximum Gasteiger partial charge on any atom is 0.330 e. The van der Waals surface area contributed by atoms with E-state index in [9.17, 15) is 19.5 Å². The molecule has 0 fully saturated rings. The number of aryl methyl sites for hydroxylation is 4. The van der Waals surface area contributed by atoms with Crippen LogP contribution in [0.3, 0.4) is 0 Å². The molecule has 0 aliphatic heterocycles. The minimum absolute atomic E-state index is 0.191. The summed E-state index contributed by atoms with van der Waals surface area (Å²) in [5.74, 6) is -1.97. The first-order valence-corrected chi connectivity index (χ1v) is 9.11. The second-order valence-corrected chi connectivity index (χ2v) is 7.61. The van der Waals surface area contributed by atoms with E-state index in [1.165, 1.54) is 21.9 Å². The summed E-state index contributed by atoms with van der Waals surface area (Å²) in [6.45, 7) is 7.43. The number of benzene rings is 1. The molecule has 140 valence electrons. The number of carboxylic acid groups (broad SMARTS) is 1. The number of aliphatic carboxylic acids is 1. The van der Waals surface area contributed by atoms with Gasteiger partial charge >= 0.3 is 5.97 Å². The molecule has 1 aromatic carbocycles. The third-order valence-corrected chi connectivity index (χ3v) is 5.72. The Morgan fingerprint density at radius 1 is 1.19 bits per heavy atom. The Morgan fingerprint density at radius 2 is 1.89 bits per heavy atom. The largest absolute Gasteiger partial charge is 0.479 e. The lowest BCUT2D eigenvalue weighted by molar-refractivity contribution is -0.139. The number of carbonyl (C=O) groups is 2. The maximum absolute atomic E-state index is 12.7. The first-order chi connectivity index (χ1) is 12.7. The summed E-state index contributed by atoms with van der Waals surface area (Å²) in [5.41, 5.74) is 2.39. The van der Waals surface area contributed by atoms with E-state index in [0.29, 0.717) is 16.2 Å². The third-order valence-electron chi connectivity index (χ3n) is 4.65. The number of carbonyl (C=O) groups excluding carboxylic acids is 1. The average Bonchev–Trinajstić information content (AvgIpc) is 2.90. The molecule has 0 aliphatic carbocycles. The van der Waals surface area contributed by atoms with Crippen LogP contribution < -0.4 is 10.9 Å². The first kappa shape index (κ1) is 18.8. The Morgan fingerprint density at radius 3 is 2.52 bits per heavy atom. The molecule has 3 aromatic rings. The van der Waals surface area contributed by atoms with E-state index in [2.05, 4.69) is 10.3 Å². The van der Waals surface area contributed by atoms with Crippen molar-refractivity contribution >= 4 is 28.2 Å². The smallest absolute Gasteiger partial charge is 0.330 e. The first-order valence-electron chi connectivity index (χ1n) is 8.29. The van der Waals surface area contributed by atoms with Crippen LogP contribution in [0.2, 0.25) is 0 Å². The van der Waals surface area contributed by atoms with Crippen LogP contribution >= 0.6 is 11.3 Å². The molecule has 1 unspecified atom stereocenters. The number of hydrogen-bond acceptors (Lipinski definition) is 5. The lowest BCUT2D eigenvalue weighted by Gasteiger charge is -2.16. The third kappa shape index (κ3) is 3.35. The molecule has 27 heavy (non-hydrogen) atoms. The number of hydrogen-bond donors (Lipinski definition) is 2. The molecule has 0 radical (unpaired) electrons. The fourth-order valence-electron chi connectivity index (χ4n) is 2.77. The average molecular weight is 385 g/mol. The Hall–Kier alpha value is -3.00. The predicted octanol–water partition coefficient (Wildman–Crippen LogP) is 2.55. The summed E-state index contributed by atoms with van der Waals surface area (Å²) in [6.07, 6.45) is 1.20. The second kappa shape index (κ2) is 6.96. The number of carboxylic acids is 1. The van der Waals surface area contributed by atoms with Crippen molar-refractivity contribution in [2.45, 2.75) is 33.7 Å². The van der Waals surface area contributed by atoms with Crippen LogP contribution in [0.4, 0.5) is 0 Å². The molecule has 0 spiro atoms. The molecule has 2 N–H and O–H groups in total. The van der Waals surface area contributed by atoms with Crippen molar-refractivity contribution in [3.63, 3.8) is 0 Å². The molecule has 7 nitrogen and oxygen atoms in total. The number of aromatic nitrogens is 2. The Kier molecular flexibility index (Phi) is 4.84. The number of nitrogens with one attached hydrogen (secondary N) is 1. The lowest BCUT2D eigenvalue weighted by Crippen LogP contribution is -2.37.